The molecule has 0 unspecified atom stereocenters. The first kappa shape index (κ1) is 19.0. The van der Waals surface area contributed by atoms with Gasteiger partial charge >= 0.3 is 0 Å². The van der Waals surface area contributed by atoms with Crippen LogP contribution in [0.3, 0.4) is 0 Å². The molecule has 0 saturated carbocycles. The van der Waals surface area contributed by atoms with Gasteiger partial charge in [0, 0.05) is 50.7 Å². The van der Waals surface area contributed by atoms with E-state index in [0.717, 1.165) is 59.9 Å². The molecule has 0 atom stereocenters. The van der Waals surface area contributed by atoms with Crippen LogP contribution in [0.25, 0.3) is 10.2 Å². The van der Waals surface area contributed by atoms with E-state index in [0.29, 0.717) is 5.88 Å². The fourth-order valence-corrected chi connectivity index (χ4v) is 4.41. The monoisotopic (exact) mass is 420 g/mol. The summed E-state index contributed by atoms with van der Waals surface area (Å²) in [5.74, 6) is 1.11. The number of fused-ring (bicyclic) bond motifs is 1. The van der Waals surface area contributed by atoms with E-state index in [1.807, 2.05) is 48.0 Å². The Balaban J connectivity index is 1.24. The summed E-state index contributed by atoms with van der Waals surface area (Å²) in [7, 11) is 0. The van der Waals surface area contributed by atoms with E-state index in [1.54, 1.807) is 17.5 Å². The van der Waals surface area contributed by atoms with Crippen LogP contribution >= 0.6 is 11.3 Å². The van der Waals surface area contributed by atoms with Crippen LogP contribution in [0.1, 0.15) is 5.56 Å². The number of anilines is 1. The number of thiazole rings is 1. The Morgan fingerprint density at radius 2 is 1.80 bits per heavy atom. The highest BCUT2D eigenvalue weighted by Crippen LogP contribution is 2.31. The predicted molar refractivity (Wildman–Crippen MR) is 118 cm³/mol. The van der Waals surface area contributed by atoms with Gasteiger partial charge in [0.05, 0.1) is 10.2 Å². The second-order valence-electron chi connectivity index (χ2n) is 7.30. The van der Waals surface area contributed by atoms with Gasteiger partial charge in [-0.25, -0.2) is 14.4 Å². The third kappa shape index (κ3) is 4.13. The molecule has 4 aromatic rings. The molecule has 1 saturated heterocycles. The van der Waals surface area contributed by atoms with Crippen molar-refractivity contribution >= 4 is 27.2 Å². The van der Waals surface area contributed by atoms with Crippen LogP contribution in [0, 0.1) is 5.82 Å². The van der Waals surface area contributed by atoms with Crippen LogP contribution in [0.2, 0.25) is 0 Å². The molecular formula is C23H21FN4OS. The number of halogens is 1. The van der Waals surface area contributed by atoms with Crippen LogP contribution in [0.5, 0.6) is 11.6 Å². The normalized spacial score (nSPS) is 14.9. The number of ether oxygens (including phenoxy) is 1. The molecule has 2 aromatic carbocycles. The molecule has 0 spiro atoms. The minimum atomic E-state index is -0.190. The van der Waals surface area contributed by atoms with E-state index in [9.17, 15) is 4.39 Å². The van der Waals surface area contributed by atoms with Crippen molar-refractivity contribution in [2.75, 3.05) is 31.1 Å². The quantitative estimate of drug-likeness (QED) is 0.457. The van der Waals surface area contributed by atoms with E-state index >= 15 is 0 Å². The highest BCUT2D eigenvalue weighted by molar-refractivity contribution is 7.16. The summed E-state index contributed by atoms with van der Waals surface area (Å²) < 4.78 is 20.3. The maximum absolute atomic E-state index is 13.1. The molecule has 3 heterocycles. The highest BCUT2D eigenvalue weighted by Gasteiger charge is 2.18. The first-order chi connectivity index (χ1) is 14.7. The van der Waals surface area contributed by atoms with Gasteiger partial charge in [-0.3, -0.25) is 4.90 Å². The lowest BCUT2D eigenvalue weighted by molar-refractivity contribution is 0.249. The summed E-state index contributed by atoms with van der Waals surface area (Å²) in [5, 5.41) is 0. The van der Waals surface area contributed by atoms with E-state index in [2.05, 4.69) is 19.8 Å². The fraction of sp³-hybridized carbons (Fsp3) is 0.217. The Morgan fingerprint density at radius 1 is 0.967 bits per heavy atom. The lowest BCUT2D eigenvalue weighted by Crippen LogP contribution is -2.45. The van der Waals surface area contributed by atoms with Gasteiger partial charge in [-0.15, -0.1) is 11.3 Å². The van der Waals surface area contributed by atoms with Crippen molar-refractivity contribution in [2.45, 2.75) is 6.54 Å². The zero-order chi connectivity index (χ0) is 20.3. The Bertz CT molecular complexity index is 1140. The van der Waals surface area contributed by atoms with Gasteiger partial charge in [-0.05, 0) is 35.9 Å². The second-order valence-corrected chi connectivity index (χ2v) is 8.19. The maximum atomic E-state index is 13.1. The molecule has 152 valence electrons. The predicted octanol–water partition coefficient (Wildman–Crippen LogP) is 4.94. The first-order valence-electron chi connectivity index (χ1n) is 9.92. The van der Waals surface area contributed by atoms with Gasteiger partial charge in [0.25, 0.3) is 0 Å². The van der Waals surface area contributed by atoms with E-state index < -0.39 is 0 Å². The van der Waals surface area contributed by atoms with Gasteiger partial charge in [-0.2, -0.15) is 0 Å². The molecule has 1 fully saturated rings. The largest absolute Gasteiger partial charge is 0.437 e. The van der Waals surface area contributed by atoms with Crippen molar-refractivity contribution in [3.63, 3.8) is 0 Å². The summed E-state index contributed by atoms with van der Waals surface area (Å²) in [6.45, 7) is 4.59. The lowest BCUT2D eigenvalue weighted by Gasteiger charge is -2.36. The fourth-order valence-electron chi connectivity index (χ4n) is 3.72. The van der Waals surface area contributed by atoms with Gasteiger partial charge in [0.15, 0.2) is 5.75 Å². The summed E-state index contributed by atoms with van der Waals surface area (Å²) in [5.41, 5.74) is 4.93. The van der Waals surface area contributed by atoms with Gasteiger partial charge in [0.1, 0.15) is 11.3 Å². The molecule has 1 aliphatic rings. The average molecular weight is 421 g/mol. The number of piperazine rings is 1. The van der Waals surface area contributed by atoms with E-state index in [1.165, 1.54) is 12.1 Å². The third-order valence-corrected chi connectivity index (χ3v) is 6.11. The summed E-state index contributed by atoms with van der Waals surface area (Å²) in [6, 6.07) is 16.7. The van der Waals surface area contributed by atoms with Crippen LogP contribution in [-0.2, 0) is 6.54 Å². The topological polar surface area (TPSA) is 41.5 Å². The van der Waals surface area contributed by atoms with Crippen LogP contribution in [0.4, 0.5) is 10.1 Å². The molecule has 0 radical (unpaired) electrons. The van der Waals surface area contributed by atoms with Crippen molar-refractivity contribution < 1.29 is 9.13 Å². The highest BCUT2D eigenvalue weighted by atomic mass is 32.1. The van der Waals surface area contributed by atoms with Crippen LogP contribution < -0.4 is 9.64 Å². The summed E-state index contributed by atoms with van der Waals surface area (Å²) in [4.78, 5) is 13.5. The number of rotatable bonds is 5. The molecule has 7 heteroatoms. The lowest BCUT2D eigenvalue weighted by atomic mass is 10.2. The second kappa shape index (κ2) is 8.38. The van der Waals surface area contributed by atoms with Crippen molar-refractivity contribution in [3.05, 3.63) is 77.7 Å². The Hall–Kier alpha value is -3.03. The maximum Gasteiger partial charge on any atom is 0.221 e. The van der Waals surface area contributed by atoms with Crippen LogP contribution in [-0.4, -0.2) is 41.0 Å². The number of hydrogen-bond donors (Lipinski definition) is 0. The van der Waals surface area contributed by atoms with Crippen molar-refractivity contribution in [3.8, 4) is 11.6 Å². The smallest absolute Gasteiger partial charge is 0.221 e. The van der Waals surface area contributed by atoms with Gasteiger partial charge in [0.2, 0.25) is 5.88 Å². The number of pyridine rings is 1. The SMILES string of the molecule is Fc1ccc(CN2CCN(c3ccnc(Oc4cccc5scnc45)c3)CC2)cc1. The Kier molecular flexibility index (Phi) is 5.29. The number of benzene rings is 2. The van der Waals surface area contributed by atoms with Crippen LogP contribution in [0.15, 0.2) is 66.3 Å². The Morgan fingerprint density at radius 3 is 2.63 bits per heavy atom. The van der Waals surface area contributed by atoms with E-state index in [4.69, 9.17) is 4.74 Å². The molecular weight excluding hydrogens is 399 g/mol. The number of nitrogens with zero attached hydrogens (tertiary/aromatic N) is 4. The molecule has 0 amide bonds. The standard InChI is InChI=1S/C23H21FN4OS/c24-18-6-4-17(5-7-18)15-27-10-12-28(13-11-27)19-8-9-25-22(14-19)29-20-2-1-3-21-23(20)26-16-30-21/h1-9,14,16H,10-13,15H2. The summed E-state index contributed by atoms with van der Waals surface area (Å²) >= 11 is 1.60. The molecule has 5 nitrogen and oxygen atoms in total. The molecule has 1 aliphatic heterocycles. The molecule has 2 aromatic heterocycles. The van der Waals surface area contributed by atoms with Crippen molar-refractivity contribution in [1.82, 2.24) is 14.9 Å². The van der Waals surface area contributed by atoms with Crippen molar-refractivity contribution in [2.24, 2.45) is 0 Å². The van der Waals surface area contributed by atoms with Gasteiger partial charge in [-0.1, -0.05) is 18.2 Å². The average Bonchev–Trinajstić information content (AvgIpc) is 3.26. The van der Waals surface area contributed by atoms with Gasteiger partial charge < -0.3 is 9.64 Å². The Labute approximate surface area is 178 Å². The molecule has 0 bridgehead atoms. The molecule has 0 aliphatic carbocycles. The zero-order valence-corrected chi connectivity index (χ0v) is 17.2. The first-order valence-corrected chi connectivity index (χ1v) is 10.8. The van der Waals surface area contributed by atoms with E-state index in [-0.39, 0.29) is 5.82 Å². The minimum absolute atomic E-state index is 0.190. The number of hydrogen-bond acceptors (Lipinski definition) is 6. The molecule has 30 heavy (non-hydrogen) atoms. The zero-order valence-electron chi connectivity index (χ0n) is 16.4. The third-order valence-electron chi connectivity index (χ3n) is 5.31. The molecule has 0 N–H and O–H groups in total. The number of aromatic nitrogens is 2. The molecule has 5 rings (SSSR count). The number of para-hydroxylation sites is 1. The minimum Gasteiger partial charge on any atom is -0.437 e. The summed E-state index contributed by atoms with van der Waals surface area (Å²) in [6.07, 6.45) is 1.79. The van der Waals surface area contributed by atoms with Crippen molar-refractivity contribution in [1.29, 1.82) is 0 Å².